The lowest BCUT2D eigenvalue weighted by molar-refractivity contribution is 0.559. The van der Waals surface area contributed by atoms with Gasteiger partial charge in [-0.3, -0.25) is 4.68 Å². The van der Waals surface area contributed by atoms with E-state index in [-0.39, 0.29) is 6.04 Å². The van der Waals surface area contributed by atoms with Crippen molar-refractivity contribution < 1.29 is 0 Å². The van der Waals surface area contributed by atoms with Gasteiger partial charge in [0, 0.05) is 16.0 Å². The first-order chi connectivity index (χ1) is 9.04. The molecule has 0 bridgehead atoms. The Morgan fingerprint density at radius 3 is 2.84 bits per heavy atom. The van der Waals surface area contributed by atoms with Gasteiger partial charge in [0.15, 0.2) is 0 Å². The Labute approximate surface area is 130 Å². The van der Waals surface area contributed by atoms with Crippen molar-refractivity contribution in [3.8, 4) is 0 Å². The molecule has 1 heterocycles. The average molecular weight is 363 g/mol. The van der Waals surface area contributed by atoms with Crippen molar-refractivity contribution in [2.45, 2.75) is 25.9 Å². The molecular weight excluding hydrogens is 349 g/mol. The fourth-order valence-electron chi connectivity index (χ4n) is 1.97. The van der Waals surface area contributed by atoms with Gasteiger partial charge in [-0.2, -0.15) is 5.10 Å². The Balaban J connectivity index is 2.46. The Morgan fingerprint density at radius 2 is 2.16 bits per heavy atom. The van der Waals surface area contributed by atoms with Crippen molar-refractivity contribution in [1.29, 1.82) is 0 Å². The number of halogens is 3. The smallest absolute Gasteiger partial charge is 0.0837 e. The van der Waals surface area contributed by atoms with Crippen LogP contribution in [0.2, 0.25) is 10.0 Å². The van der Waals surface area contributed by atoms with Gasteiger partial charge in [-0.25, -0.2) is 0 Å². The second-order valence-corrected chi connectivity index (χ2v) is 5.94. The van der Waals surface area contributed by atoms with Gasteiger partial charge in [0.1, 0.15) is 0 Å². The molecule has 0 aliphatic rings. The molecule has 0 aliphatic carbocycles. The Morgan fingerprint density at radius 1 is 1.42 bits per heavy atom. The van der Waals surface area contributed by atoms with Crippen LogP contribution in [0.5, 0.6) is 0 Å². The van der Waals surface area contributed by atoms with Crippen molar-refractivity contribution in [3.63, 3.8) is 0 Å². The summed E-state index contributed by atoms with van der Waals surface area (Å²) in [6.45, 7) is 2.87. The van der Waals surface area contributed by atoms with E-state index in [0.717, 1.165) is 28.7 Å². The van der Waals surface area contributed by atoms with Crippen LogP contribution in [-0.2, 0) is 6.54 Å². The van der Waals surface area contributed by atoms with Crippen LogP contribution < -0.4 is 5.73 Å². The molecule has 3 nitrogen and oxygen atoms in total. The van der Waals surface area contributed by atoms with Gasteiger partial charge in [0.25, 0.3) is 0 Å². The monoisotopic (exact) mass is 361 g/mol. The first kappa shape index (κ1) is 14.9. The fourth-order valence-corrected chi connectivity index (χ4v) is 2.90. The van der Waals surface area contributed by atoms with Gasteiger partial charge < -0.3 is 5.73 Å². The molecule has 1 atom stereocenters. The quantitative estimate of drug-likeness (QED) is 0.875. The van der Waals surface area contributed by atoms with Crippen LogP contribution in [0.25, 0.3) is 0 Å². The van der Waals surface area contributed by atoms with Crippen molar-refractivity contribution in [2.75, 3.05) is 0 Å². The van der Waals surface area contributed by atoms with Crippen molar-refractivity contribution >= 4 is 39.1 Å². The highest BCUT2D eigenvalue weighted by Crippen LogP contribution is 2.32. The van der Waals surface area contributed by atoms with Crippen molar-refractivity contribution in [3.05, 3.63) is 50.2 Å². The van der Waals surface area contributed by atoms with E-state index in [1.54, 1.807) is 6.20 Å². The van der Waals surface area contributed by atoms with E-state index >= 15 is 0 Å². The molecule has 0 amide bonds. The topological polar surface area (TPSA) is 43.8 Å². The summed E-state index contributed by atoms with van der Waals surface area (Å²) in [5.74, 6) is 0. The molecule has 6 heteroatoms. The summed E-state index contributed by atoms with van der Waals surface area (Å²) in [6.07, 6.45) is 2.60. The lowest BCUT2D eigenvalue weighted by Crippen LogP contribution is -2.18. The number of aromatic nitrogens is 2. The Hall–Kier alpha value is -0.550. The van der Waals surface area contributed by atoms with Gasteiger partial charge in [0.05, 0.1) is 23.0 Å². The molecule has 1 unspecified atom stereocenters. The Kier molecular flexibility index (Phi) is 4.90. The first-order valence-electron chi connectivity index (χ1n) is 5.96. The highest BCUT2D eigenvalue weighted by molar-refractivity contribution is 9.10. The summed E-state index contributed by atoms with van der Waals surface area (Å²) in [6, 6.07) is 5.17. The second-order valence-electron chi connectivity index (χ2n) is 4.24. The molecule has 0 saturated heterocycles. The predicted molar refractivity (Wildman–Crippen MR) is 82.7 cm³/mol. The Bertz CT molecular complexity index is 583. The SMILES string of the molecule is CCCn1ncc(Cl)c1C(N)c1cc(Cl)ccc1Br. The molecule has 0 aliphatic heterocycles. The molecule has 102 valence electrons. The van der Waals surface area contributed by atoms with Crippen molar-refractivity contribution in [1.82, 2.24) is 9.78 Å². The molecule has 2 rings (SSSR count). The third-order valence-electron chi connectivity index (χ3n) is 2.86. The summed E-state index contributed by atoms with van der Waals surface area (Å²) in [5, 5.41) is 5.48. The molecule has 2 aromatic rings. The minimum Gasteiger partial charge on any atom is -0.319 e. The lowest BCUT2D eigenvalue weighted by atomic mass is 10.0. The largest absolute Gasteiger partial charge is 0.319 e. The summed E-state index contributed by atoms with van der Waals surface area (Å²) in [5.41, 5.74) is 8.04. The third-order valence-corrected chi connectivity index (χ3v) is 4.10. The van der Waals surface area contributed by atoms with E-state index in [4.69, 9.17) is 28.9 Å². The summed E-state index contributed by atoms with van der Waals surface area (Å²) < 4.78 is 2.75. The van der Waals surface area contributed by atoms with Gasteiger partial charge in [-0.15, -0.1) is 0 Å². The van der Waals surface area contributed by atoms with Crippen molar-refractivity contribution in [2.24, 2.45) is 5.73 Å². The minimum atomic E-state index is -0.366. The van der Waals surface area contributed by atoms with Crippen LogP contribution >= 0.6 is 39.1 Å². The number of benzene rings is 1. The van der Waals surface area contributed by atoms with Crippen LogP contribution in [0.3, 0.4) is 0 Å². The highest BCUT2D eigenvalue weighted by Gasteiger charge is 2.20. The zero-order valence-electron chi connectivity index (χ0n) is 10.4. The molecule has 19 heavy (non-hydrogen) atoms. The van der Waals surface area contributed by atoms with Gasteiger partial charge in [-0.1, -0.05) is 46.1 Å². The number of hydrogen-bond acceptors (Lipinski definition) is 2. The fraction of sp³-hybridized carbons (Fsp3) is 0.308. The highest BCUT2D eigenvalue weighted by atomic mass is 79.9. The second kappa shape index (κ2) is 6.27. The zero-order valence-corrected chi connectivity index (χ0v) is 13.5. The van der Waals surface area contributed by atoms with Crippen LogP contribution in [-0.4, -0.2) is 9.78 Å². The van der Waals surface area contributed by atoms with Crippen LogP contribution in [0.1, 0.15) is 30.6 Å². The molecule has 0 saturated carbocycles. The first-order valence-corrected chi connectivity index (χ1v) is 7.51. The van der Waals surface area contributed by atoms with E-state index in [0.29, 0.717) is 10.0 Å². The third kappa shape index (κ3) is 3.14. The number of aryl methyl sites for hydroxylation is 1. The molecular formula is C13H14BrCl2N3. The molecule has 0 fully saturated rings. The normalized spacial score (nSPS) is 12.7. The minimum absolute atomic E-state index is 0.366. The van der Waals surface area contributed by atoms with Crippen LogP contribution in [0.4, 0.5) is 0 Å². The molecule has 1 aromatic heterocycles. The standard InChI is InChI=1S/C13H14BrCl2N3/c1-2-5-19-13(11(16)7-18-19)12(17)9-6-8(15)3-4-10(9)14/h3-4,6-7,12H,2,5,17H2,1H3. The number of nitrogens with zero attached hydrogens (tertiary/aromatic N) is 2. The van der Waals surface area contributed by atoms with E-state index in [9.17, 15) is 0 Å². The van der Waals surface area contributed by atoms with Gasteiger partial charge in [-0.05, 0) is 30.2 Å². The van der Waals surface area contributed by atoms with E-state index < -0.39 is 0 Å². The summed E-state index contributed by atoms with van der Waals surface area (Å²) >= 11 is 15.7. The average Bonchev–Trinajstić information content (AvgIpc) is 2.73. The maximum Gasteiger partial charge on any atom is 0.0837 e. The lowest BCUT2D eigenvalue weighted by Gasteiger charge is -2.17. The number of rotatable bonds is 4. The van der Waals surface area contributed by atoms with E-state index in [1.165, 1.54) is 0 Å². The maximum atomic E-state index is 6.33. The summed E-state index contributed by atoms with van der Waals surface area (Å²) in [7, 11) is 0. The van der Waals surface area contributed by atoms with Crippen LogP contribution in [0, 0.1) is 0 Å². The molecule has 2 N–H and O–H groups in total. The summed E-state index contributed by atoms with van der Waals surface area (Å²) in [4.78, 5) is 0. The molecule has 0 radical (unpaired) electrons. The molecule has 1 aromatic carbocycles. The number of hydrogen-bond donors (Lipinski definition) is 1. The van der Waals surface area contributed by atoms with Gasteiger partial charge >= 0.3 is 0 Å². The van der Waals surface area contributed by atoms with E-state index in [2.05, 4.69) is 28.0 Å². The maximum absolute atomic E-state index is 6.33. The number of nitrogens with two attached hydrogens (primary N) is 1. The molecule has 0 spiro atoms. The predicted octanol–water partition coefficient (Wildman–Crippen LogP) is 4.41. The zero-order chi connectivity index (χ0) is 14.0. The van der Waals surface area contributed by atoms with Crippen LogP contribution in [0.15, 0.2) is 28.9 Å². The van der Waals surface area contributed by atoms with Gasteiger partial charge in [0.2, 0.25) is 0 Å². The van der Waals surface area contributed by atoms with E-state index in [1.807, 2.05) is 22.9 Å².